The lowest BCUT2D eigenvalue weighted by Gasteiger charge is -2.31. The van der Waals surface area contributed by atoms with E-state index in [0.29, 0.717) is 36.9 Å². The van der Waals surface area contributed by atoms with E-state index in [1.165, 1.54) is 6.92 Å². The lowest BCUT2D eigenvalue weighted by Crippen LogP contribution is -2.53. The van der Waals surface area contributed by atoms with Crippen LogP contribution in [0.25, 0.3) is 33.9 Å². The number of nitrogens with zero attached hydrogens (tertiary/aromatic N) is 6. The second kappa shape index (κ2) is 15.7. The number of carbonyl (C=O) groups is 4. The van der Waals surface area contributed by atoms with Crippen LogP contribution in [-0.4, -0.2) is 101 Å². The molecular formula is C40H49N9O6. The van der Waals surface area contributed by atoms with E-state index in [2.05, 4.69) is 20.6 Å². The van der Waals surface area contributed by atoms with Crippen molar-refractivity contribution in [2.75, 3.05) is 19.7 Å². The Hall–Kier alpha value is -5.57. The fourth-order valence-electron chi connectivity index (χ4n) is 7.87. The molecule has 4 N–H and O–H groups in total. The molecule has 0 radical (unpaired) electrons. The maximum Gasteiger partial charge on any atom is 0.306 e. The molecule has 0 saturated carbocycles. The van der Waals surface area contributed by atoms with Crippen molar-refractivity contribution in [1.29, 1.82) is 0 Å². The molecule has 4 amide bonds. The Bertz CT molecular complexity index is 2110. The number of hydrogen-bond acceptors (Lipinski definition) is 9. The van der Waals surface area contributed by atoms with Gasteiger partial charge in [-0.2, -0.15) is 4.98 Å². The number of nitrogens with one attached hydrogen (secondary N) is 3. The van der Waals surface area contributed by atoms with Gasteiger partial charge in [-0.25, -0.2) is 4.98 Å². The molecule has 3 aliphatic heterocycles. The summed E-state index contributed by atoms with van der Waals surface area (Å²) in [5, 5.41) is 14.7. The highest BCUT2D eigenvalue weighted by atomic mass is 16.4. The van der Waals surface area contributed by atoms with Crippen LogP contribution in [0, 0.1) is 11.8 Å². The number of amides is 4. The molecule has 55 heavy (non-hydrogen) atoms. The normalized spacial score (nSPS) is 19.6. The SMILES string of the molecule is CC(=O)N[C@H](C(=O)N1CCCC1C1=NC=C(c2cn3cc(-c4ccc(-c5cnc([C@@H]6CCCN6C(=O)[C@@H](NC(=O)CO)C(C)C)[nH]5)cc4)nc3o2)C1)C(C)C. The first-order valence-corrected chi connectivity index (χ1v) is 19.1. The molecule has 2 fully saturated rings. The van der Waals surface area contributed by atoms with Gasteiger partial charge < -0.3 is 34.9 Å². The summed E-state index contributed by atoms with van der Waals surface area (Å²) in [6.45, 7) is 9.59. The molecule has 3 aliphatic rings. The van der Waals surface area contributed by atoms with Crippen LogP contribution >= 0.6 is 0 Å². The number of aliphatic imine (C=N–C) groups is 1. The van der Waals surface area contributed by atoms with Crippen molar-refractivity contribution in [1.82, 2.24) is 39.8 Å². The number of rotatable bonds is 12. The first-order valence-electron chi connectivity index (χ1n) is 19.1. The van der Waals surface area contributed by atoms with Crippen LogP contribution in [0.2, 0.25) is 0 Å². The molecule has 15 heteroatoms. The van der Waals surface area contributed by atoms with Gasteiger partial charge >= 0.3 is 5.84 Å². The minimum Gasteiger partial charge on any atom is -0.423 e. The minimum absolute atomic E-state index is 0.0300. The average molecular weight is 752 g/mol. The molecule has 4 aromatic rings. The summed E-state index contributed by atoms with van der Waals surface area (Å²) in [7, 11) is 0. The van der Waals surface area contributed by atoms with Crippen LogP contribution in [0.1, 0.15) is 84.3 Å². The van der Waals surface area contributed by atoms with E-state index >= 15 is 0 Å². The molecule has 2 saturated heterocycles. The summed E-state index contributed by atoms with van der Waals surface area (Å²) in [6, 6.07) is 6.32. The molecule has 0 bridgehead atoms. The molecule has 0 spiro atoms. The van der Waals surface area contributed by atoms with Crippen molar-refractivity contribution in [2.24, 2.45) is 16.8 Å². The van der Waals surface area contributed by atoms with E-state index in [1.54, 1.807) is 11.1 Å². The first kappa shape index (κ1) is 37.7. The van der Waals surface area contributed by atoms with Crippen molar-refractivity contribution >= 4 is 40.8 Å². The van der Waals surface area contributed by atoms with E-state index in [9.17, 15) is 24.3 Å². The number of aliphatic hydroxyl groups is 1. The van der Waals surface area contributed by atoms with E-state index in [0.717, 1.165) is 59.5 Å². The predicted molar refractivity (Wildman–Crippen MR) is 205 cm³/mol. The number of oxazole rings is 1. The lowest BCUT2D eigenvalue weighted by atomic mass is 9.99. The molecular weight excluding hydrogens is 702 g/mol. The number of imidazole rings is 2. The zero-order chi connectivity index (χ0) is 39.0. The Morgan fingerprint density at radius 3 is 2.18 bits per heavy atom. The zero-order valence-corrected chi connectivity index (χ0v) is 31.9. The van der Waals surface area contributed by atoms with Gasteiger partial charge in [0.25, 0.3) is 0 Å². The average Bonchev–Trinajstić information content (AvgIpc) is 4.00. The number of aromatic nitrogens is 4. The van der Waals surface area contributed by atoms with Crippen molar-refractivity contribution < 1.29 is 28.7 Å². The van der Waals surface area contributed by atoms with Crippen LogP contribution in [0.4, 0.5) is 0 Å². The van der Waals surface area contributed by atoms with Gasteiger partial charge in [0.15, 0.2) is 5.76 Å². The van der Waals surface area contributed by atoms with Crippen LogP contribution in [0.3, 0.4) is 0 Å². The Morgan fingerprint density at radius 1 is 0.909 bits per heavy atom. The first-order chi connectivity index (χ1) is 26.4. The van der Waals surface area contributed by atoms with E-state index < -0.39 is 24.6 Å². The second-order valence-electron chi connectivity index (χ2n) is 15.4. The largest absolute Gasteiger partial charge is 0.423 e. The zero-order valence-electron chi connectivity index (χ0n) is 31.9. The smallest absolute Gasteiger partial charge is 0.306 e. The number of carbonyl (C=O) groups excluding carboxylic acids is 4. The number of benzene rings is 1. The molecule has 15 nitrogen and oxygen atoms in total. The van der Waals surface area contributed by atoms with Crippen LogP contribution < -0.4 is 10.6 Å². The van der Waals surface area contributed by atoms with Gasteiger partial charge in [-0.05, 0) is 43.1 Å². The van der Waals surface area contributed by atoms with E-state index in [1.807, 2.05) is 79.9 Å². The van der Waals surface area contributed by atoms with Crippen molar-refractivity contribution in [2.45, 2.75) is 90.9 Å². The Morgan fingerprint density at radius 2 is 1.55 bits per heavy atom. The Balaban J connectivity index is 0.988. The quantitative estimate of drug-likeness (QED) is 0.166. The van der Waals surface area contributed by atoms with E-state index in [4.69, 9.17) is 14.4 Å². The standard InChI is InChI=1S/C40H49N9O6/c1-22(2)35(43-24(5)51)38(53)48-14-6-8-31(48)28-16-27(17-41-28)33-20-47-19-30(45-40(47)55-33)26-12-10-25(11-13-26)29-18-42-37(44-29)32-9-7-15-49(32)39(54)36(23(3)4)46-34(52)21-50/h10-13,17-20,22-23,31-32,35-36,50H,6-9,14-16,21H2,1-5H3,(H,42,44)(H,43,51)(H,46,52)/t31?,32-,35-,36-/m0/s1. The van der Waals surface area contributed by atoms with E-state index in [-0.39, 0.29) is 41.6 Å². The molecule has 6 heterocycles. The number of aromatic amines is 1. The van der Waals surface area contributed by atoms with Gasteiger partial charge in [-0.3, -0.25) is 28.6 Å². The summed E-state index contributed by atoms with van der Waals surface area (Å²) in [4.78, 5) is 71.9. The highest BCUT2D eigenvalue weighted by Crippen LogP contribution is 2.35. The van der Waals surface area contributed by atoms with Gasteiger partial charge in [0, 0.05) is 55.7 Å². The molecule has 0 aliphatic carbocycles. The number of hydrogen-bond donors (Lipinski definition) is 4. The van der Waals surface area contributed by atoms with Crippen LogP contribution in [-0.2, 0) is 19.2 Å². The molecule has 290 valence electrons. The molecule has 1 aromatic carbocycles. The summed E-state index contributed by atoms with van der Waals surface area (Å²) in [5.74, 6) is 0.616. The number of aliphatic hydroxyl groups excluding tert-OH is 1. The molecule has 4 atom stereocenters. The topological polar surface area (TPSA) is 191 Å². The predicted octanol–water partition coefficient (Wildman–Crippen LogP) is 4.12. The monoisotopic (exact) mass is 751 g/mol. The van der Waals surface area contributed by atoms with Crippen molar-refractivity contribution in [3.05, 3.63) is 60.6 Å². The van der Waals surface area contributed by atoms with Crippen molar-refractivity contribution in [3.63, 3.8) is 0 Å². The van der Waals surface area contributed by atoms with Crippen LogP contribution in [0.15, 0.2) is 58.5 Å². The third kappa shape index (κ3) is 7.70. The Kier molecular flexibility index (Phi) is 10.7. The fraction of sp³-hybridized carbons (Fsp3) is 0.475. The minimum atomic E-state index is -0.728. The molecule has 1 unspecified atom stereocenters. The van der Waals surface area contributed by atoms with Gasteiger partial charge in [-0.1, -0.05) is 52.0 Å². The van der Waals surface area contributed by atoms with Gasteiger partial charge in [0.2, 0.25) is 23.6 Å². The fourth-order valence-corrected chi connectivity index (χ4v) is 7.87. The third-order valence-corrected chi connectivity index (χ3v) is 10.8. The molecule has 7 rings (SSSR count). The highest BCUT2D eigenvalue weighted by molar-refractivity contribution is 6.03. The number of fused-ring (bicyclic) bond motifs is 1. The van der Waals surface area contributed by atoms with Crippen LogP contribution in [0.5, 0.6) is 0 Å². The summed E-state index contributed by atoms with van der Waals surface area (Å²) >= 11 is 0. The summed E-state index contributed by atoms with van der Waals surface area (Å²) in [5.41, 5.74) is 5.26. The number of H-pyrrole nitrogens is 1. The lowest BCUT2D eigenvalue weighted by molar-refractivity contribution is -0.139. The maximum absolute atomic E-state index is 13.5. The third-order valence-electron chi connectivity index (χ3n) is 10.8. The van der Waals surface area contributed by atoms with Gasteiger partial charge in [-0.15, -0.1) is 0 Å². The maximum atomic E-state index is 13.5. The van der Waals surface area contributed by atoms with Gasteiger partial charge in [0.05, 0.1) is 35.9 Å². The summed E-state index contributed by atoms with van der Waals surface area (Å²) < 4.78 is 8.04. The second-order valence-corrected chi connectivity index (χ2v) is 15.4. The number of likely N-dealkylation sites (tertiary alicyclic amines) is 2. The highest BCUT2D eigenvalue weighted by Gasteiger charge is 2.39. The van der Waals surface area contributed by atoms with Crippen molar-refractivity contribution in [3.8, 4) is 22.5 Å². The molecule has 3 aromatic heterocycles. The summed E-state index contributed by atoms with van der Waals surface area (Å²) in [6.07, 6.45) is 11.3. The number of allylic oxidation sites excluding steroid dienone is 1. The Labute approximate surface area is 319 Å². The van der Waals surface area contributed by atoms with Gasteiger partial charge in [0.1, 0.15) is 24.5 Å².